The molecule has 1 saturated heterocycles. The monoisotopic (exact) mass is 342 g/mol. The van der Waals surface area contributed by atoms with E-state index in [0.29, 0.717) is 24.6 Å². The van der Waals surface area contributed by atoms with Crippen molar-refractivity contribution < 1.29 is 20.1 Å². The number of hydrogen-bond donors (Lipinski definition) is 5. The maximum atomic E-state index is 10.0. The Hall–Kier alpha value is -1.25. The Morgan fingerprint density at radius 1 is 1.39 bits per heavy atom. The van der Waals surface area contributed by atoms with Crippen molar-refractivity contribution in [2.45, 2.75) is 44.2 Å². The third kappa shape index (κ3) is 7.24. The predicted molar refractivity (Wildman–Crippen MR) is 93.0 cm³/mol. The van der Waals surface area contributed by atoms with Crippen LogP contribution in [0.2, 0.25) is 0 Å². The predicted octanol–water partition coefficient (Wildman–Crippen LogP) is -0.0598. The molecule has 1 aliphatic rings. The third-order valence-electron chi connectivity index (χ3n) is 3.47. The van der Waals surface area contributed by atoms with Crippen LogP contribution in [0, 0.1) is 0 Å². The zero-order chi connectivity index (χ0) is 17.2. The number of nitrogens with two attached hydrogens (primary N) is 1. The normalized spacial score (nSPS) is 25.0. The van der Waals surface area contributed by atoms with Crippen LogP contribution in [0.4, 0.5) is 0 Å². The van der Waals surface area contributed by atoms with Crippen molar-refractivity contribution in [3.8, 4) is 0 Å². The van der Waals surface area contributed by atoms with Gasteiger partial charge in [0.25, 0.3) is 0 Å². The van der Waals surface area contributed by atoms with E-state index < -0.39 is 24.4 Å². The van der Waals surface area contributed by atoms with Crippen LogP contribution in [-0.4, -0.2) is 58.0 Å². The summed E-state index contributed by atoms with van der Waals surface area (Å²) in [5, 5.41) is 32.4. The lowest BCUT2D eigenvalue weighted by Gasteiger charge is -2.34. The van der Waals surface area contributed by atoms with Crippen molar-refractivity contribution >= 4 is 17.3 Å². The Morgan fingerprint density at radius 2 is 2.04 bits per heavy atom. The maximum Gasteiger partial charge on any atom is 0.163 e. The number of nitrogens with one attached hydrogen (secondary N) is 1. The molecule has 1 aromatic rings. The zero-order valence-electron chi connectivity index (χ0n) is 13.3. The minimum atomic E-state index is -1.01. The minimum absolute atomic E-state index is 0.370. The largest absolute Gasteiger partial charge is 0.390 e. The maximum absolute atomic E-state index is 10.0. The van der Waals surface area contributed by atoms with Gasteiger partial charge in [-0.15, -0.1) is 0 Å². The first-order valence-electron chi connectivity index (χ1n) is 7.68. The molecule has 0 spiro atoms. The van der Waals surface area contributed by atoms with Crippen LogP contribution in [-0.2, 0) is 11.2 Å². The highest BCUT2D eigenvalue weighted by Gasteiger charge is 2.36. The zero-order valence-corrected chi connectivity index (χ0v) is 14.1. The van der Waals surface area contributed by atoms with E-state index in [1.54, 1.807) is 0 Å². The molecule has 6 nitrogen and oxygen atoms in total. The van der Waals surface area contributed by atoms with Crippen LogP contribution >= 0.6 is 12.2 Å². The Balaban J connectivity index is 0.000000379. The van der Waals surface area contributed by atoms with Crippen LogP contribution in [0.3, 0.4) is 0 Å². The molecule has 4 atom stereocenters. The second-order valence-electron chi connectivity index (χ2n) is 5.33. The highest BCUT2D eigenvalue weighted by atomic mass is 32.1. The van der Waals surface area contributed by atoms with E-state index in [1.165, 1.54) is 0 Å². The molecule has 130 valence electrons. The summed E-state index contributed by atoms with van der Waals surface area (Å²) in [6, 6.07) is 9.53. The van der Waals surface area contributed by atoms with Gasteiger partial charge < -0.3 is 31.1 Å². The Labute approximate surface area is 142 Å². The van der Waals surface area contributed by atoms with Gasteiger partial charge in [0, 0.05) is 19.6 Å². The van der Waals surface area contributed by atoms with E-state index in [-0.39, 0.29) is 0 Å². The fraction of sp³-hybridized carbons (Fsp3) is 0.562. The molecular weight excluding hydrogens is 316 g/mol. The lowest BCUT2D eigenvalue weighted by molar-refractivity contribution is -0.169. The molecule has 0 aromatic heterocycles. The van der Waals surface area contributed by atoms with Crippen molar-refractivity contribution in [3.05, 3.63) is 35.9 Å². The fourth-order valence-corrected chi connectivity index (χ4v) is 2.44. The van der Waals surface area contributed by atoms with Gasteiger partial charge in [-0.05, 0) is 31.1 Å². The van der Waals surface area contributed by atoms with Gasteiger partial charge in [-0.3, -0.25) is 0 Å². The molecule has 3 unspecified atom stereocenters. The summed E-state index contributed by atoms with van der Waals surface area (Å²) >= 11 is 4.46. The summed E-state index contributed by atoms with van der Waals surface area (Å²) in [5.74, 6) is 0. The van der Waals surface area contributed by atoms with Crippen molar-refractivity contribution in [3.63, 3.8) is 0 Å². The number of thiocarbonyl (C=S) groups is 1. The van der Waals surface area contributed by atoms with Gasteiger partial charge in [0.15, 0.2) is 5.11 Å². The number of aliphatic hydroxyl groups excluding tert-OH is 3. The Morgan fingerprint density at radius 3 is 2.57 bits per heavy atom. The van der Waals surface area contributed by atoms with Gasteiger partial charge in [0.2, 0.25) is 0 Å². The number of benzene rings is 1. The number of ether oxygens (including phenoxy) is 1. The third-order valence-corrected chi connectivity index (χ3v) is 3.62. The second kappa shape index (κ2) is 10.5. The van der Waals surface area contributed by atoms with Crippen LogP contribution in [0.5, 0.6) is 0 Å². The molecule has 2 rings (SSSR count). The van der Waals surface area contributed by atoms with Gasteiger partial charge in [-0.25, -0.2) is 0 Å². The standard InChI is InChI=1S/C13H18O4.C3H8N2S/c14-10-6-7-17-13(12(10)16)11(15)8-9-4-2-1-3-5-9;1-2-5-3(4)6/h1-5,10-16H,6-8H2;2H2,1H3,(H3,4,5,6)/t10?,11?,12-,13?;/m0./s1. The van der Waals surface area contributed by atoms with Crippen LogP contribution in [0.1, 0.15) is 18.9 Å². The van der Waals surface area contributed by atoms with E-state index in [1.807, 2.05) is 37.3 Å². The first-order valence-corrected chi connectivity index (χ1v) is 8.09. The summed E-state index contributed by atoms with van der Waals surface area (Å²) in [4.78, 5) is 0. The average Bonchev–Trinajstić information content (AvgIpc) is 2.51. The van der Waals surface area contributed by atoms with E-state index in [9.17, 15) is 15.3 Å². The second-order valence-corrected chi connectivity index (χ2v) is 5.77. The smallest absolute Gasteiger partial charge is 0.163 e. The molecular formula is C16H26N2O4S. The van der Waals surface area contributed by atoms with Crippen LogP contribution < -0.4 is 11.1 Å². The molecule has 1 aliphatic heterocycles. The fourth-order valence-electron chi connectivity index (χ4n) is 2.30. The molecule has 1 fully saturated rings. The van der Waals surface area contributed by atoms with E-state index >= 15 is 0 Å². The first-order chi connectivity index (χ1) is 11.0. The van der Waals surface area contributed by atoms with Gasteiger partial charge in [-0.2, -0.15) is 0 Å². The molecule has 7 heteroatoms. The molecule has 0 aliphatic carbocycles. The van der Waals surface area contributed by atoms with Crippen molar-refractivity contribution in [2.75, 3.05) is 13.2 Å². The SMILES string of the molecule is CCNC(N)=S.OC(Cc1ccccc1)C1OCCC(O)[C@@H]1O. The highest BCUT2D eigenvalue weighted by molar-refractivity contribution is 7.80. The van der Waals surface area contributed by atoms with E-state index in [4.69, 9.17) is 10.5 Å². The molecule has 6 N–H and O–H groups in total. The molecule has 1 aromatic carbocycles. The first kappa shape index (κ1) is 19.8. The van der Waals surface area contributed by atoms with Crippen LogP contribution in [0.25, 0.3) is 0 Å². The lowest BCUT2D eigenvalue weighted by Crippen LogP contribution is -2.50. The van der Waals surface area contributed by atoms with E-state index in [2.05, 4.69) is 17.5 Å². The lowest BCUT2D eigenvalue weighted by atomic mass is 9.94. The van der Waals surface area contributed by atoms with Crippen molar-refractivity contribution in [1.82, 2.24) is 5.32 Å². The van der Waals surface area contributed by atoms with Gasteiger partial charge in [0.05, 0.1) is 12.2 Å². The van der Waals surface area contributed by atoms with Gasteiger partial charge in [-0.1, -0.05) is 30.3 Å². The average molecular weight is 342 g/mol. The minimum Gasteiger partial charge on any atom is -0.390 e. The summed E-state index contributed by atoms with van der Waals surface area (Å²) in [5.41, 5.74) is 6.01. The summed E-state index contributed by atoms with van der Waals surface area (Å²) in [6.07, 6.45) is -2.51. The number of rotatable bonds is 4. The molecule has 0 bridgehead atoms. The topological polar surface area (TPSA) is 108 Å². The molecule has 23 heavy (non-hydrogen) atoms. The summed E-state index contributed by atoms with van der Waals surface area (Å²) in [7, 11) is 0. The van der Waals surface area contributed by atoms with Crippen molar-refractivity contribution in [2.24, 2.45) is 5.73 Å². The summed E-state index contributed by atoms with van der Waals surface area (Å²) in [6.45, 7) is 3.13. The Kier molecular flexibility index (Phi) is 9.05. The number of aliphatic hydroxyl groups is 3. The molecule has 0 saturated carbocycles. The molecule has 0 amide bonds. The van der Waals surface area contributed by atoms with Crippen LogP contribution in [0.15, 0.2) is 30.3 Å². The Bertz CT molecular complexity index is 461. The summed E-state index contributed by atoms with van der Waals surface area (Å²) < 4.78 is 5.33. The number of hydrogen-bond acceptors (Lipinski definition) is 5. The highest BCUT2D eigenvalue weighted by Crippen LogP contribution is 2.19. The molecule has 1 heterocycles. The van der Waals surface area contributed by atoms with E-state index in [0.717, 1.165) is 12.1 Å². The quantitative estimate of drug-likeness (QED) is 0.488. The molecule has 0 radical (unpaired) electrons. The van der Waals surface area contributed by atoms with Crippen molar-refractivity contribution in [1.29, 1.82) is 0 Å². The van der Waals surface area contributed by atoms with Gasteiger partial charge >= 0.3 is 0 Å². The van der Waals surface area contributed by atoms with Gasteiger partial charge in [0.1, 0.15) is 12.2 Å².